The van der Waals surface area contributed by atoms with Gasteiger partial charge >= 0.3 is 0 Å². The molecule has 1 aromatic carbocycles. The van der Waals surface area contributed by atoms with Gasteiger partial charge in [-0.05, 0) is 32.4 Å². The van der Waals surface area contributed by atoms with Gasteiger partial charge in [0, 0.05) is 24.2 Å². The average Bonchev–Trinajstić information content (AvgIpc) is 3.08. The molecule has 2 atom stereocenters. The van der Waals surface area contributed by atoms with Gasteiger partial charge < -0.3 is 14.8 Å². The quantitative estimate of drug-likeness (QED) is 0.421. The highest BCUT2D eigenvalue weighted by molar-refractivity contribution is 8.00. The van der Waals surface area contributed by atoms with Crippen molar-refractivity contribution in [3.63, 3.8) is 0 Å². The van der Waals surface area contributed by atoms with Gasteiger partial charge in [-0.15, -0.1) is 10.2 Å². The van der Waals surface area contributed by atoms with Gasteiger partial charge in [0.1, 0.15) is 6.04 Å². The molecule has 0 saturated carbocycles. The number of nitrogens with one attached hydrogen (secondary N) is 2. The second kappa shape index (κ2) is 11.3. The van der Waals surface area contributed by atoms with Crippen LogP contribution in [0.5, 0.6) is 0 Å². The Balaban J connectivity index is 2.17. The fourth-order valence-corrected chi connectivity index (χ4v) is 4.17. The molecular weight excluding hydrogens is 398 g/mol. The number of amides is 1. The van der Waals surface area contributed by atoms with Gasteiger partial charge in [0.05, 0.1) is 19.3 Å². The summed E-state index contributed by atoms with van der Waals surface area (Å²) in [6.45, 7) is 8.55. The molecule has 30 heavy (non-hydrogen) atoms. The standard InChI is InChI=1S/C22H33N5O2S/c1-7-9-13-27-20(19(8-2)26(5)6)24-25-22(27)30-16(4)21(29)23-18-12-10-11-17(14-18)15(3)28/h10-12,14,16,19H,7-9,13H2,1-6H3,(H,23,29)/p+1/t16-,19+/m0/s1. The van der Waals surface area contributed by atoms with Crippen molar-refractivity contribution >= 4 is 29.1 Å². The second-order valence-electron chi connectivity index (χ2n) is 7.77. The van der Waals surface area contributed by atoms with Crippen LogP contribution in [0, 0.1) is 0 Å². The molecule has 1 amide bonds. The molecule has 1 heterocycles. The number of quaternary nitrogens is 1. The zero-order chi connectivity index (χ0) is 22.3. The van der Waals surface area contributed by atoms with Crippen LogP contribution in [0.4, 0.5) is 5.69 Å². The van der Waals surface area contributed by atoms with Gasteiger partial charge in [-0.3, -0.25) is 9.59 Å². The third kappa shape index (κ3) is 6.15. The summed E-state index contributed by atoms with van der Waals surface area (Å²) < 4.78 is 2.18. The smallest absolute Gasteiger partial charge is 0.237 e. The fourth-order valence-electron chi connectivity index (χ4n) is 3.29. The molecule has 0 radical (unpaired) electrons. The number of hydrogen-bond donors (Lipinski definition) is 2. The molecule has 0 saturated heterocycles. The van der Waals surface area contributed by atoms with Crippen molar-refractivity contribution < 1.29 is 14.5 Å². The number of Topliss-reactive ketones (excluding diaryl/α,β-unsaturated/α-hetero) is 1. The van der Waals surface area contributed by atoms with E-state index in [2.05, 4.69) is 48.0 Å². The summed E-state index contributed by atoms with van der Waals surface area (Å²) in [5.74, 6) is 0.825. The first-order valence-electron chi connectivity index (χ1n) is 10.6. The Hall–Kier alpha value is -2.19. The molecule has 0 spiro atoms. The van der Waals surface area contributed by atoms with Gasteiger partial charge in [0.15, 0.2) is 16.8 Å². The minimum atomic E-state index is -0.352. The maximum Gasteiger partial charge on any atom is 0.237 e. The molecular formula is C22H34N5O2S+. The lowest BCUT2D eigenvalue weighted by Crippen LogP contribution is -3.06. The molecule has 1 aromatic heterocycles. The lowest BCUT2D eigenvalue weighted by molar-refractivity contribution is -0.893. The Morgan fingerprint density at radius 1 is 1.23 bits per heavy atom. The third-order valence-corrected chi connectivity index (χ3v) is 6.17. The molecule has 0 unspecified atom stereocenters. The molecule has 2 rings (SSSR count). The SMILES string of the molecule is CCCCn1c(S[C@@H](C)C(=O)Nc2cccc(C(C)=O)c2)nnc1[C@@H](CC)[NH+](C)C. The maximum absolute atomic E-state index is 12.7. The number of nitrogens with zero attached hydrogens (tertiary/aromatic N) is 3. The first-order valence-corrected chi connectivity index (χ1v) is 11.5. The predicted molar refractivity (Wildman–Crippen MR) is 121 cm³/mol. The molecule has 0 aliphatic rings. The van der Waals surface area contributed by atoms with E-state index < -0.39 is 0 Å². The number of aromatic nitrogens is 3. The number of ketones is 1. The third-order valence-electron chi connectivity index (χ3n) is 5.09. The van der Waals surface area contributed by atoms with Crippen molar-refractivity contribution in [3.8, 4) is 0 Å². The highest BCUT2D eigenvalue weighted by Crippen LogP contribution is 2.26. The summed E-state index contributed by atoms with van der Waals surface area (Å²) in [5.41, 5.74) is 1.20. The van der Waals surface area contributed by atoms with Crippen molar-refractivity contribution in [2.75, 3.05) is 19.4 Å². The van der Waals surface area contributed by atoms with Gasteiger partial charge in [-0.1, -0.05) is 44.2 Å². The number of carbonyl (C=O) groups excluding carboxylic acids is 2. The van der Waals surface area contributed by atoms with E-state index in [0.29, 0.717) is 11.3 Å². The zero-order valence-electron chi connectivity index (χ0n) is 18.9. The first kappa shape index (κ1) is 24.1. The highest BCUT2D eigenvalue weighted by Gasteiger charge is 2.26. The lowest BCUT2D eigenvalue weighted by atomic mass is 10.1. The van der Waals surface area contributed by atoms with E-state index in [9.17, 15) is 9.59 Å². The van der Waals surface area contributed by atoms with E-state index in [-0.39, 0.29) is 23.0 Å². The number of benzene rings is 1. The van der Waals surface area contributed by atoms with Crippen LogP contribution >= 0.6 is 11.8 Å². The Kier molecular flexibility index (Phi) is 9.05. The van der Waals surface area contributed by atoms with Crippen molar-refractivity contribution in [1.82, 2.24) is 14.8 Å². The van der Waals surface area contributed by atoms with Crippen LogP contribution in [0.25, 0.3) is 0 Å². The van der Waals surface area contributed by atoms with Crippen molar-refractivity contribution in [2.45, 2.75) is 70.0 Å². The molecule has 2 aromatic rings. The van der Waals surface area contributed by atoms with Crippen LogP contribution in [0.2, 0.25) is 0 Å². The molecule has 0 bridgehead atoms. The molecule has 164 valence electrons. The second-order valence-corrected chi connectivity index (χ2v) is 9.08. The molecule has 7 nitrogen and oxygen atoms in total. The number of rotatable bonds is 11. The van der Waals surface area contributed by atoms with E-state index in [1.54, 1.807) is 24.3 Å². The van der Waals surface area contributed by atoms with Gasteiger partial charge in [0.2, 0.25) is 5.91 Å². The van der Waals surface area contributed by atoms with E-state index >= 15 is 0 Å². The molecule has 0 fully saturated rings. The Morgan fingerprint density at radius 3 is 2.57 bits per heavy atom. The van der Waals surface area contributed by atoms with Crippen LogP contribution in [0.3, 0.4) is 0 Å². The van der Waals surface area contributed by atoms with Crippen molar-refractivity contribution in [1.29, 1.82) is 0 Å². The minimum absolute atomic E-state index is 0.0291. The monoisotopic (exact) mass is 432 g/mol. The van der Waals surface area contributed by atoms with Crippen LogP contribution < -0.4 is 10.2 Å². The summed E-state index contributed by atoms with van der Waals surface area (Å²) in [7, 11) is 4.26. The Morgan fingerprint density at radius 2 is 1.97 bits per heavy atom. The van der Waals surface area contributed by atoms with Gasteiger partial charge in [-0.25, -0.2) is 0 Å². The lowest BCUT2D eigenvalue weighted by Gasteiger charge is -2.20. The van der Waals surface area contributed by atoms with Crippen molar-refractivity contribution in [3.05, 3.63) is 35.7 Å². The average molecular weight is 433 g/mol. The highest BCUT2D eigenvalue weighted by atomic mass is 32.2. The normalized spacial score (nSPS) is 13.3. The summed E-state index contributed by atoms with van der Waals surface area (Å²) in [5, 5.41) is 12.2. The van der Waals surface area contributed by atoms with Crippen LogP contribution in [-0.2, 0) is 11.3 Å². The summed E-state index contributed by atoms with van der Waals surface area (Å²) in [4.78, 5) is 25.6. The summed E-state index contributed by atoms with van der Waals surface area (Å²) in [6.07, 6.45) is 3.09. The number of hydrogen-bond acceptors (Lipinski definition) is 5. The zero-order valence-corrected chi connectivity index (χ0v) is 19.7. The summed E-state index contributed by atoms with van der Waals surface area (Å²) >= 11 is 1.42. The molecule has 2 N–H and O–H groups in total. The van der Waals surface area contributed by atoms with Crippen LogP contribution in [0.15, 0.2) is 29.4 Å². The number of thioether (sulfide) groups is 1. The fraction of sp³-hybridized carbons (Fsp3) is 0.545. The predicted octanol–water partition coefficient (Wildman–Crippen LogP) is 3.00. The first-order chi connectivity index (χ1) is 14.3. The summed E-state index contributed by atoms with van der Waals surface area (Å²) in [6, 6.07) is 7.26. The molecule has 0 aliphatic heterocycles. The van der Waals surface area contributed by atoms with Crippen LogP contribution in [-0.4, -0.2) is 45.8 Å². The van der Waals surface area contributed by atoms with E-state index in [4.69, 9.17) is 0 Å². The van der Waals surface area contributed by atoms with Crippen molar-refractivity contribution in [2.24, 2.45) is 0 Å². The van der Waals surface area contributed by atoms with E-state index in [1.165, 1.54) is 23.6 Å². The van der Waals surface area contributed by atoms with Gasteiger partial charge in [-0.2, -0.15) is 0 Å². The number of carbonyl (C=O) groups is 2. The molecule has 8 heteroatoms. The number of anilines is 1. The maximum atomic E-state index is 12.7. The Labute approximate surface area is 183 Å². The minimum Gasteiger partial charge on any atom is -0.331 e. The van der Waals surface area contributed by atoms with E-state index in [1.807, 2.05) is 6.92 Å². The Bertz CT molecular complexity index is 865. The van der Waals surface area contributed by atoms with E-state index in [0.717, 1.165) is 36.8 Å². The number of unbranched alkanes of at least 4 members (excludes halogenated alkanes) is 1. The van der Waals surface area contributed by atoms with Crippen LogP contribution in [0.1, 0.15) is 69.2 Å². The molecule has 0 aliphatic carbocycles. The largest absolute Gasteiger partial charge is 0.331 e. The van der Waals surface area contributed by atoms with Gasteiger partial charge in [0.25, 0.3) is 0 Å². The topological polar surface area (TPSA) is 81.3 Å².